The van der Waals surface area contributed by atoms with E-state index in [-0.39, 0.29) is 12.5 Å². The third kappa shape index (κ3) is 4.14. The van der Waals surface area contributed by atoms with Crippen LogP contribution in [0.15, 0.2) is 36.8 Å². The lowest BCUT2D eigenvalue weighted by Gasteiger charge is -2.37. The lowest BCUT2D eigenvalue weighted by molar-refractivity contribution is -0.0476. The van der Waals surface area contributed by atoms with Gasteiger partial charge in [0.15, 0.2) is 0 Å². The minimum absolute atomic E-state index is 0.148. The number of aliphatic hydroxyl groups is 1. The maximum atomic E-state index is 12.4. The van der Waals surface area contributed by atoms with Crippen LogP contribution in [0.1, 0.15) is 34.5 Å². The fraction of sp³-hybridized carbons (Fsp3) is 0.421. The van der Waals surface area contributed by atoms with E-state index in [1.807, 2.05) is 25.1 Å². The van der Waals surface area contributed by atoms with Crippen molar-refractivity contribution in [3.8, 4) is 5.75 Å². The SMILES string of the molecule is Cc1ccc(OCC2(O)CCN(C(=O)c3cnccn3)CC2)cc1C. The van der Waals surface area contributed by atoms with Gasteiger partial charge in [0, 0.05) is 25.5 Å². The summed E-state index contributed by atoms with van der Waals surface area (Å²) in [7, 11) is 0. The molecule has 1 saturated heterocycles. The van der Waals surface area contributed by atoms with Crippen molar-refractivity contribution in [2.75, 3.05) is 19.7 Å². The Morgan fingerprint density at radius 1 is 1.24 bits per heavy atom. The highest BCUT2D eigenvalue weighted by Crippen LogP contribution is 2.25. The van der Waals surface area contributed by atoms with Gasteiger partial charge >= 0.3 is 0 Å². The van der Waals surface area contributed by atoms with E-state index in [1.165, 1.54) is 24.2 Å². The molecular formula is C19H23N3O3. The van der Waals surface area contributed by atoms with Gasteiger partial charge in [-0.1, -0.05) is 6.07 Å². The number of likely N-dealkylation sites (tertiary alicyclic amines) is 1. The molecule has 1 aromatic carbocycles. The topological polar surface area (TPSA) is 75.6 Å². The first-order valence-electron chi connectivity index (χ1n) is 8.45. The molecule has 25 heavy (non-hydrogen) atoms. The Morgan fingerprint density at radius 3 is 2.64 bits per heavy atom. The van der Waals surface area contributed by atoms with Gasteiger partial charge in [0.05, 0.1) is 6.20 Å². The minimum atomic E-state index is -0.919. The smallest absolute Gasteiger partial charge is 0.274 e. The predicted octanol–water partition coefficient (Wildman–Crippen LogP) is 2.14. The van der Waals surface area contributed by atoms with Crippen LogP contribution < -0.4 is 4.74 Å². The Kier molecular flexibility index (Phi) is 4.99. The van der Waals surface area contributed by atoms with Crippen LogP contribution in [0.3, 0.4) is 0 Å². The highest BCUT2D eigenvalue weighted by Gasteiger charge is 2.35. The van der Waals surface area contributed by atoms with Crippen molar-refractivity contribution in [3.63, 3.8) is 0 Å². The number of nitrogens with zero attached hydrogens (tertiary/aromatic N) is 3. The summed E-state index contributed by atoms with van der Waals surface area (Å²) in [5, 5.41) is 10.7. The number of carbonyl (C=O) groups is 1. The Labute approximate surface area is 147 Å². The molecule has 2 heterocycles. The second-order valence-electron chi connectivity index (χ2n) is 6.64. The molecule has 1 amide bonds. The fourth-order valence-electron chi connectivity index (χ4n) is 2.86. The molecule has 0 radical (unpaired) electrons. The number of amides is 1. The van der Waals surface area contributed by atoms with Gasteiger partial charge in [-0.25, -0.2) is 4.98 Å². The second kappa shape index (κ2) is 7.19. The van der Waals surface area contributed by atoms with E-state index >= 15 is 0 Å². The molecule has 1 N–H and O–H groups in total. The molecule has 2 aromatic rings. The molecule has 1 aromatic heterocycles. The standard InChI is InChI=1S/C19H23N3O3/c1-14-3-4-16(11-15(14)2)25-13-19(24)5-9-22(10-6-19)18(23)17-12-20-7-8-21-17/h3-4,7-8,11-12,24H,5-6,9-10,13H2,1-2H3. The molecule has 0 saturated carbocycles. The summed E-state index contributed by atoms with van der Waals surface area (Å²) in [5.41, 5.74) is 1.79. The summed E-state index contributed by atoms with van der Waals surface area (Å²) < 4.78 is 5.79. The zero-order valence-corrected chi connectivity index (χ0v) is 14.6. The van der Waals surface area contributed by atoms with Gasteiger partial charge in [0.25, 0.3) is 5.91 Å². The summed E-state index contributed by atoms with van der Waals surface area (Å²) in [6.45, 7) is 5.26. The number of aryl methyl sites for hydroxylation is 2. The van der Waals surface area contributed by atoms with Crippen LogP contribution in [0.5, 0.6) is 5.75 Å². The Hall–Kier alpha value is -2.47. The average Bonchev–Trinajstić information content (AvgIpc) is 2.64. The number of ether oxygens (including phenoxy) is 1. The Bertz CT molecular complexity index is 741. The molecule has 6 heteroatoms. The summed E-state index contributed by atoms with van der Waals surface area (Å²) >= 11 is 0. The van der Waals surface area contributed by atoms with Crippen molar-refractivity contribution < 1.29 is 14.6 Å². The van der Waals surface area contributed by atoms with E-state index in [9.17, 15) is 9.90 Å². The molecule has 6 nitrogen and oxygen atoms in total. The normalized spacial score (nSPS) is 16.5. The number of carbonyl (C=O) groups excluding carboxylic acids is 1. The first-order chi connectivity index (χ1) is 12.0. The zero-order chi connectivity index (χ0) is 17.9. The number of piperidine rings is 1. The maximum absolute atomic E-state index is 12.4. The number of benzene rings is 1. The van der Waals surface area contributed by atoms with E-state index in [1.54, 1.807) is 4.90 Å². The molecule has 0 unspecified atom stereocenters. The number of hydrogen-bond donors (Lipinski definition) is 1. The van der Waals surface area contributed by atoms with E-state index in [0.29, 0.717) is 31.6 Å². The number of rotatable bonds is 4. The van der Waals surface area contributed by atoms with Gasteiger partial charge in [-0.2, -0.15) is 0 Å². The van der Waals surface area contributed by atoms with Crippen molar-refractivity contribution in [3.05, 3.63) is 53.6 Å². The van der Waals surface area contributed by atoms with Gasteiger partial charge in [-0.05, 0) is 49.9 Å². The largest absolute Gasteiger partial charge is 0.491 e. The van der Waals surface area contributed by atoms with E-state index in [4.69, 9.17) is 4.74 Å². The first kappa shape index (κ1) is 17.4. The van der Waals surface area contributed by atoms with Gasteiger partial charge in [-0.3, -0.25) is 9.78 Å². The van der Waals surface area contributed by atoms with Crippen LogP contribution in [-0.2, 0) is 0 Å². The van der Waals surface area contributed by atoms with Crippen molar-refractivity contribution in [1.29, 1.82) is 0 Å². The van der Waals surface area contributed by atoms with Crippen LogP contribution in [0.4, 0.5) is 0 Å². The predicted molar refractivity (Wildman–Crippen MR) is 93.5 cm³/mol. The minimum Gasteiger partial charge on any atom is -0.491 e. The monoisotopic (exact) mass is 341 g/mol. The van der Waals surface area contributed by atoms with Crippen molar-refractivity contribution >= 4 is 5.91 Å². The molecule has 1 aliphatic rings. The first-order valence-corrected chi connectivity index (χ1v) is 8.45. The highest BCUT2D eigenvalue weighted by atomic mass is 16.5. The Balaban J connectivity index is 1.55. The lowest BCUT2D eigenvalue weighted by atomic mass is 9.92. The van der Waals surface area contributed by atoms with Crippen molar-refractivity contribution in [2.24, 2.45) is 0 Å². The van der Waals surface area contributed by atoms with Gasteiger partial charge in [0.2, 0.25) is 0 Å². The summed E-state index contributed by atoms with van der Waals surface area (Å²) in [5.74, 6) is 0.611. The summed E-state index contributed by atoms with van der Waals surface area (Å²) in [6.07, 6.45) is 5.46. The Morgan fingerprint density at radius 2 is 2.00 bits per heavy atom. The van der Waals surface area contributed by atoms with Crippen molar-refractivity contribution in [1.82, 2.24) is 14.9 Å². The summed E-state index contributed by atoms with van der Waals surface area (Å²) in [6, 6.07) is 5.90. The van der Waals surface area contributed by atoms with Crippen LogP contribution >= 0.6 is 0 Å². The van der Waals surface area contributed by atoms with Gasteiger partial charge < -0.3 is 14.7 Å². The highest BCUT2D eigenvalue weighted by molar-refractivity contribution is 5.92. The zero-order valence-electron chi connectivity index (χ0n) is 14.6. The molecular weight excluding hydrogens is 318 g/mol. The van der Waals surface area contributed by atoms with E-state index < -0.39 is 5.60 Å². The van der Waals surface area contributed by atoms with Crippen molar-refractivity contribution in [2.45, 2.75) is 32.3 Å². The molecule has 0 bridgehead atoms. The summed E-state index contributed by atoms with van der Waals surface area (Å²) in [4.78, 5) is 22.0. The third-order valence-electron chi connectivity index (χ3n) is 4.75. The van der Waals surface area contributed by atoms with Gasteiger partial charge in [0.1, 0.15) is 23.7 Å². The van der Waals surface area contributed by atoms with Crippen LogP contribution in [0.2, 0.25) is 0 Å². The third-order valence-corrected chi connectivity index (χ3v) is 4.75. The molecule has 3 rings (SSSR count). The molecule has 0 spiro atoms. The maximum Gasteiger partial charge on any atom is 0.274 e. The van der Waals surface area contributed by atoms with Gasteiger partial charge in [-0.15, -0.1) is 0 Å². The van der Waals surface area contributed by atoms with E-state index in [0.717, 1.165) is 11.3 Å². The van der Waals surface area contributed by atoms with Crippen LogP contribution in [0.25, 0.3) is 0 Å². The molecule has 1 fully saturated rings. The number of hydrogen-bond acceptors (Lipinski definition) is 5. The average molecular weight is 341 g/mol. The van der Waals surface area contributed by atoms with Crippen LogP contribution in [-0.4, -0.2) is 51.2 Å². The molecule has 0 atom stereocenters. The quantitative estimate of drug-likeness (QED) is 0.922. The fourth-order valence-corrected chi connectivity index (χ4v) is 2.86. The lowest BCUT2D eigenvalue weighted by Crippen LogP contribution is -2.49. The number of aromatic nitrogens is 2. The van der Waals surface area contributed by atoms with Crippen LogP contribution in [0, 0.1) is 13.8 Å². The molecule has 0 aliphatic carbocycles. The molecule has 1 aliphatic heterocycles. The molecule has 132 valence electrons. The van der Waals surface area contributed by atoms with E-state index in [2.05, 4.69) is 16.9 Å². The second-order valence-corrected chi connectivity index (χ2v) is 6.64.